The Morgan fingerprint density at radius 3 is 2.02 bits per heavy atom. The summed E-state index contributed by atoms with van der Waals surface area (Å²) in [5.41, 5.74) is 18.0. The minimum atomic E-state index is 0.107. The summed E-state index contributed by atoms with van der Waals surface area (Å²) in [6.45, 7) is 0. The number of furan rings is 1. The number of benzene rings is 6. The van der Waals surface area contributed by atoms with Crippen molar-refractivity contribution in [2.24, 2.45) is 23.7 Å². The van der Waals surface area contributed by atoms with Gasteiger partial charge in [0.25, 0.3) is 0 Å². The van der Waals surface area contributed by atoms with E-state index < -0.39 is 0 Å². The molecule has 6 aromatic carbocycles. The molecule has 0 aliphatic heterocycles. The Labute approximate surface area is 317 Å². The van der Waals surface area contributed by atoms with E-state index in [0.717, 1.165) is 28.9 Å². The average molecular weight is 700 g/mol. The highest BCUT2D eigenvalue weighted by atomic mass is 16.3. The molecule has 1 aromatic heterocycles. The molecule has 4 bridgehead atoms. The number of hydrogen-bond donors (Lipinski definition) is 0. The van der Waals surface area contributed by atoms with Gasteiger partial charge in [-0.2, -0.15) is 0 Å². The summed E-state index contributed by atoms with van der Waals surface area (Å²) in [6.07, 6.45) is 13.6. The van der Waals surface area contributed by atoms with Crippen LogP contribution in [0.1, 0.15) is 86.5 Å². The van der Waals surface area contributed by atoms with Crippen LogP contribution in [0.3, 0.4) is 0 Å². The van der Waals surface area contributed by atoms with Crippen molar-refractivity contribution in [2.75, 3.05) is 4.90 Å². The first-order valence-corrected chi connectivity index (χ1v) is 20.9. The highest BCUT2D eigenvalue weighted by Crippen LogP contribution is 2.68. The van der Waals surface area contributed by atoms with E-state index in [1.807, 2.05) is 0 Å². The van der Waals surface area contributed by atoms with Gasteiger partial charge in [-0.1, -0.05) is 98.1 Å². The molecule has 5 atom stereocenters. The van der Waals surface area contributed by atoms with Crippen molar-refractivity contribution < 1.29 is 4.42 Å². The van der Waals surface area contributed by atoms with Gasteiger partial charge in [-0.3, -0.25) is 0 Å². The third-order valence-corrected chi connectivity index (χ3v) is 15.7. The summed E-state index contributed by atoms with van der Waals surface area (Å²) < 4.78 is 6.37. The Kier molecular flexibility index (Phi) is 6.04. The molecule has 5 unspecified atom stereocenters. The van der Waals surface area contributed by atoms with Crippen molar-refractivity contribution >= 4 is 39.0 Å². The fourth-order valence-electron chi connectivity index (χ4n) is 13.8. The second-order valence-corrected chi connectivity index (χ2v) is 18.0. The zero-order valence-corrected chi connectivity index (χ0v) is 30.9. The standard InChI is InChI=1S/C52H45NO/c1-4-12-45-40(10-1)43-29-36(18-21-46(43)51(45)23-7-8-24-51)53(37-19-22-50-44(30-37)42-11-3-6-14-49(42)54-50)38-17-20-41-39-9-2-5-13-47(39)52(48(41)31-38)34-16-15-32-25-33(27-34)28-35(52)26-32/h1-6,9-14,17-22,29-35H,7-8,15-16,23-28H2. The molecule has 0 saturated heterocycles. The lowest BCUT2D eigenvalue weighted by molar-refractivity contribution is 0.0618. The van der Waals surface area contributed by atoms with Crippen LogP contribution in [0.4, 0.5) is 17.1 Å². The second-order valence-electron chi connectivity index (χ2n) is 18.0. The summed E-state index contributed by atoms with van der Waals surface area (Å²) in [4.78, 5) is 2.57. The van der Waals surface area contributed by atoms with Gasteiger partial charge in [0.2, 0.25) is 0 Å². The van der Waals surface area contributed by atoms with Gasteiger partial charge in [-0.25, -0.2) is 0 Å². The molecule has 0 radical (unpaired) electrons. The molecule has 5 saturated carbocycles. The molecule has 5 fully saturated rings. The molecule has 0 N–H and O–H groups in total. The summed E-state index contributed by atoms with van der Waals surface area (Å²) in [6, 6.07) is 49.3. The van der Waals surface area contributed by atoms with E-state index >= 15 is 0 Å². The Morgan fingerprint density at radius 2 is 1.11 bits per heavy atom. The second kappa shape index (κ2) is 10.8. The van der Waals surface area contributed by atoms with Gasteiger partial charge in [0.15, 0.2) is 0 Å². The predicted octanol–water partition coefficient (Wildman–Crippen LogP) is 14.0. The largest absolute Gasteiger partial charge is 0.456 e. The van der Waals surface area contributed by atoms with Crippen LogP contribution in [0.25, 0.3) is 44.2 Å². The van der Waals surface area contributed by atoms with E-state index in [0.29, 0.717) is 5.92 Å². The van der Waals surface area contributed by atoms with Gasteiger partial charge in [-0.05, 0) is 162 Å². The number of anilines is 3. The zero-order valence-electron chi connectivity index (χ0n) is 30.9. The Bertz CT molecular complexity index is 2680. The number of rotatable bonds is 3. The number of para-hydroxylation sites is 1. The van der Waals surface area contributed by atoms with Gasteiger partial charge < -0.3 is 9.32 Å². The lowest BCUT2D eigenvalue weighted by Crippen LogP contribution is -2.48. The molecule has 1 heterocycles. The van der Waals surface area contributed by atoms with Gasteiger partial charge in [0.1, 0.15) is 11.2 Å². The molecule has 264 valence electrons. The maximum absolute atomic E-state index is 6.37. The molecular weight excluding hydrogens is 655 g/mol. The molecule has 2 heteroatoms. The molecular formula is C52H45NO. The van der Waals surface area contributed by atoms with Crippen molar-refractivity contribution in [1.82, 2.24) is 0 Å². The molecule has 2 nitrogen and oxygen atoms in total. The van der Waals surface area contributed by atoms with Crippen molar-refractivity contribution in [3.05, 3.63) is 150 Å². The summed E-state index contributed by atoms with van der Waals surface area (Å²) >= 11 is 0. The topological polar surface area (TPSA) is 16.4 Å². The summed E-state index contributed by atoms with van der Waals surface area (Å²) in [5, 5.41) is 2.35. The number of nitrogens with zero attached hydrogens (tertiary/aromatic N) is 1. The molecule has 7 aromatic rings. The van der Waals surface area contributed by atoms with E-state index in [1.165, 1.54) is 120 Å². The highest BCUT2D eigenvalue weighted by molar-refractivity contribution is 6.06. The molecule has 2 spiro atoms. The smallest absolute Gasteiger partial charge is 0.135 e. The first-order chi connectivity index (χ1) is 26.7. The maximum Gasteiger partial charge on any atom is 0.135 e. The fourth-order valence-corrected chi connectivity index (χ4v) is 13.8. The van der Waals surface area contributed by atoms with Crippen LogP contribution in [-0.2, 0) is 10.8 Å². The predicted molar refractivity (Wildman–Crippen MR) is 221 cm³/mol. The van der Waals surface area contributed by atoms with Crippen LogP contribution in [-0.4, -0.2) is 0 Å². The van der Waals surface area contributed by atoms with Crippen LogP contribution in [0.2, 0.25) is 0 Å². The minimum Gasteiger partial charge on any atom is -0.456 e. The molecule has 7 aliphatic carbocycles. The molecule has 54 heavy (non-hydrogen) atoms. The van der Waals surface area contributed by atoms with Gasteiger partial charge in [-0.15, -0.1) is 0 Å². The third-order valence-electron chi connectivity index (χ3n) is 15.7. The van der Waals surface area contributed by atoms with E-state index in [-0.39, 0.29) is 10.8 Å². The lowest BCUT2D eigenvalue weighted by Gasteiger charge is -2.53. The number of hydrogen-bond acceptors (Lipinski definition) is 2. The minimum absolute atomic E-state index is 0.107. The average Bonchev–Trinajstić information content (AvgIpc) is 3.94. The molecule has 0 amide bonds. The van der Waals surface area contributed by atoms with Gasteiger partial charge >= 0.3 is 0 Å². The van der Waals surface area contributed by atoms with E-state index in [9.17, 15) is 0 Å². The van der Waals surface area contributed by atoms with Crippen LogP contribution in [0.5, 0.6) is 0 Å². The summed E-state index contributed by atoms with van der Waals surface area (Å²) in [5.74, 6) is 3.26. The first-order valence-electron chi connectivity index (χ1n) is 20.9. The SMILES string of the molecule is c1ccc2c(c1)-c1cc(N(c3ccc4c(c3)C3(c5ccccc5-4)C4CCC5CC(C4)CC3C5)c3ccc4oc5ccccc5c4c3)ccc1C21CCCC1. The maximum atomic E-state index is 6.37. The Morgan fingerprint density at radius 1 is 0.463 bits per heavy atom. The third kappa shape index (κ3) is 3.82. The van der Waals surface area contributed by atoms with Gasteiger partial charge in [0.05, 0.1) is 0 Å². The van der Waals surface area contributed by atoms with E-state index in [4.69, 9.17) is 4.42 Å². The van der Waals surface area contributed by atoms with Crippen molar-refractivity contribution in [2.45, 2.75) is 75.0 Å². The number of fused-ring (bicyclic) bond motifs is 12. The normalized spacial score (nSPS) is 26.4. The monoisotopic (exact) mass is 699 g/mol. The Hall–Kier alpha value is -5.08. The van der Waals surface area contributed by atoms with Crippen molar-refractivity contribution in [3.63, 3.8) is 0 Å². The van der Waals surface area contributed by atoms with Crippen LogP contribution < -0.4 is 4.90 Å². The summed E-state index contributed by atoms with van der Waals surface area (Å²) in [7, 11) is 0. The van der Waals surface area contributed by atoms with Gasteiger partial charge in [0, 0.05) is 38.7 Å². The molecule has 14 rings (SSSR count). The molecule has 7 aliphatic rings. The van der Waals surface area contributed by atoms with Crippen molar-refractivity contribution in [3.8, 4) is 22.3 Å². The quantitative estimate of drug-likeness (QED) is 0.183. The fraction of sp³-hybridized carbons (Fsp3) is 0.308. The van der Waals surface area contributed by atoms with E-state index in [2.05, 4.69) is 132 Å². The van der Waals surface area contributed by atoms with E-state index in [1.54, 1.807) is 16.7 Å². The van der Waals surface area contributed by atoms with Crippen LogP contribution in [0, 0.1) is 23.7 Å². The van der Waals surface area contributed by atoms with Crippen molar-refractivity contribution in [1.29, 1.82) is 0 Å². The van der Waals surface area contributed by atoms with Crippen LogP contribution >= 0.6 is 0 Å². The lowest BCUT2D eigenvalue weighted by atomic mass is 9.51. The first kappa shape index (κ1) is 30.3. The van der Waals surface area contributed by atoms with Crippen LogP contribution in [0.15, 0.2) is 132 Å². The Balaban J connectivity index is 1.05. The highest BCUT2D eigenvalue weighted by Gasteiger charge is 2.59. The zero-order chi connectivity index (χ0) is 35.2.